The van der Waals surface area contributed by atoms with Crippen molar-refractivity contribution in [3.63, 3.8) is 0 Å². The van der Waals surface area contributed by atoms with Crippen LogP contribution in [0.4, 0.5) is 0 Å². The van der Waals surface area contributed by atoms with Gasteiger partial charge >= 0.3 is 0 Å². The lowest BCUT2D eigenvalue weighted by Gasteiger charge is -2.09. The number of nitrogens with zero attached hydrogens (tertiary/aromatic N) is 2. The molecule has 1 aliphatic heterocycles. The first-order valence-corrected chi connectivity index (χ1v) is 7.01. The van der Waals surface area contributed by atoms with E-state index in [1.165, 1.54) is 0 Å². The van der Waals surface area contributed by atoms with E-state index in [1.54, 1.807) is 6.92 Å². The summed E-state index contributed by atoms with van der Waals surface area (Å²) in [5.74, 6) is 0.323. The molecule has 1 aromatic rings. The van der Waals surface area contributed by atoms with E-state index in [2.05, 4.69) is 20.3 Å². The maximum Gasteiger partial charge on any atom is 0.154 e. The lowest BCUT2D eigenvalue weighted by atomic mass is 10.2. The van der Waals surface area contributed by atoms with Crippen LogP contribution in [0.15, 0.2) is 4.63 Å². The summed E-state index contributed by atoms with van der Waals surface area (Å²) in [4.78, 5) is 0. The summed E-state index contributed by atoms with van der Waals surface area (Å²) in [5.41, 5.74) is 1.47. The highest BCUT2D eigenvalue weighted by molar-refractivity contribution is 7.92. The minimum atomic E-state index is -2.86. The molecule has 6 nitrogen and oxygen atoms in total. The van der Waals surface area contributed by atoms with E-state index in [1.807, 2.05) is 0 Å². The molecule has 16 heavy (non-hydrogen) atoms. The largest absolute Gasteiger partial charge is 0.310 e. The van der Waals surface area contributed by atoms with E-state index in [9.17, 15) is 8.42 Å². The Morgan fingerprint density at radius 3 is 2.88 bits per heavy atom. The second-order valence-corrected chi connectivity index (χ2v) is 6.46. The summed E-state index contributed by atoms with van der Waals surface area (Å²) in [6, 6.07) is 0. The molecule has 2 rings (SSSR count). The summed E-state index contributed by atoms with van der Waals surface area (Å²) in [7, 11) is -2.86. The number of rotatable bonds is 4. The average Bonchev–Trinajstić information content (AvgIpc) is 2.75. The van der Waals surface area contributed by atoms with E-state index >= 15 is 0 Å². The van der Waals surface area contributed by atoms with E-state index in [0.29, 0.717) is 18.8 Å². The van der Waals surface area contributed by atoms with Crippen molar-refractivity contribution in [2.75, 3.05) is 12.3 Å². The molecular weight excluding hydrogens is 230 g/mol. The highest BCUT2D eigenvalue weighted by Gasteiger charge is 2.30. The summed E-state index contributed by atoms with van der Waals surface area (Å²) in [6.07, 6.45) is 1.53. The van der Waals surface area contributed by atoms with Crippen molar-refractivity contribution in [3.8, 4) is 0 Å². The summed E-state index contributed by atoms with van der Waals surface area (Å²) < 4.78 is 27.6. The van der Waals surface area contributed by atoms with Gasteiger partial charge in [0.05, 0.1) is 11.0 Å². The van der Waals surface area contributed by atoms with Gasteiger partial charge in [0.25, 0.3) is 0 Å². The molecule has 90 valence electrons. The Kier molecular flexibility index (Phi) is 3.25. The Morgan fingerprint density at radius 1 is 1.50 bits per heavy atom. The molecule has 0 amide bonds. The smallest absolute Gasteiger partial charge is 0.154 e. The Bertz CT molecular complexity index is 454. The topological polar surface area (TPSA) is 85.1 Å². The zero-order valence-electron chi connectivity index (χ0n) is 9.14. The third kappa shape index (κ3) is 2.41. The third-order valence-corrected chi connectivity index (χ3v) is 5.15. The first-order valence-electron chi connectivity index (χ1n) is 5.30. The van der Waals surface area contributed by atoms with Gasteiger partial charge in [0.15, 0.2) is 9.84 Å². The SMILES string of the molecule is Cc1nonc1CNCC1CCCS1(=O)=O. The van der Waals surface area contributed by atoms with Gasteiger partial charge in [-0.15, -0.1) is 0 Å². The maximum absolute atomic E-state index is 11.5. The number of sulfone groups is 1. The van der Waals surface area contributed by atoms with Crippen LogP contribution in [-0.2, 0) is 16.4 Å². The van der Waals surface area contributed by atoms with Crippen LogP contribution in [0.2, 0.25) is 0 Å². The van der Waals surface area contributed by atoms with Gasteiger partial charge in [-0.3, -0.25) is 0 Å². The van der Waals surface area contributed by atoms with Gasteiger partial charge in [0, 0.05) is 13.1 Å². The van der Waals surface area contributed by atoms with Gasteiger partial charge in [-0.1, -0.05) is 10.3 Å². The second kappa shape index (κ2) is 4.50. The Balaban J connectivity index is 1.83. The first kappa shape index (κ1) is 11.5. The molecule has 1 aliphatic rings. The highest BCUT2D eigenvalue weighted by atomic mass is 32.2. The van der Waals surface area contributed by atoms with Crippen LogP contribution < -0.4 is 5.32 Å². The average molecular weight is 245 g/mol. The molecule has 1 N–H and O–H groups in total. The molecule has 2 heterocycles. The molecule has 1 fully saturated rings. The molecule has 0 bridgehead atoms. The van der Waals surface area contributed by atoms with Gasteiger partial charge in [-0.2, -0.15) is 0 Å². The molecule has 1 atom stereocenters. The standard InChI is InChI=1S/C9H15N3O3S/c1-7-9(12-15-11-7)6-10-5-8-3-2-4-16(8,13)14/h8,10H,2-6H2,1H3. The fraction of sp³-hybridized carbons (Fsp3) is 0.778. The molecule has 0 aromatic carbocycles. The predicted octanol–water partition coefficient (Wildman–Crippen LogP) is 0.0448. The number of hydrogen-bond acceptors (Lipinski definition) is 6. The monoisotopic (exact) mass is 245 g/mol. The molecule has 0 saturated carbocycles. The van der Waals surface area contributed by atoms with Crippen molar-refractivity contribution >= 4 is 9.84 Å². The Hall–Kier alpha value is -0.950. The van der Waals surface area contributed by atoms with Gasteiger partial charge < -0.3 is 5.32 Å². The zero-order chi connectivity index (χ0) is 11.6. The van der Waals surface area contributed by atoms with Gasteiger partial charge in [0.2, 0.25) is 0 Å². The lowest BCUT2D eigenvalue weighted by molar-refractivity contribution is 0.300. The molecule has 0 radical (unpaired) electrons. The molecule has 1 aromatic heterocycles. The van der Waals surface area contributed by atoms with Gasteiger partial charge in [0.1, 0.15) is 11.4 Å². The van der Waals surface area contributed by atoms with E-state index in [4.69, 9.17) is 0 Å². The van der Waals surface area contributed by atoms with Crippen LogP contribution in [0.1, 0.15) is 24.2 Å². The number of hydrogen-bond donors (Lipinski definition) is 1. The summed E-state index contributed by atoms with van der Waals surface area (Å²) in [6.45, 7) is 2.79. The number of nitrogens with one attached hydrogen (secondary N) is 1. The molecule has 1 unspecified atom stereocenters. The van der Waals surface area contributed by atoms with E-state index in [0.717, 1.165) is 24.2 Å². The zero-order valence-corrected chi connectivity index (χ0v) is 9.96. The Morgan fingerprint density at radius 2 is 2.31 bits per heavy atom. The van der Waals surface area contributed by atoms with Crippen molar-refractivity contribution in [1.29, 1.82) is 0 Å². The molecular formula is C9H15N3O3S. The van der Waals surface area contributed by atoms with E-state index in [-0.39, 0.29) is 5.25 Å². The summed E-state index contributed by atoms with van der Waals surface area (Å²) in [5, 5.41) is 10.2. The van der Waals surface area contributed by atoms with Crippen molar-refractivity contribution in [2.24, 2.45) is 0 Å². The lowest BCUT2D eigenvalue weighted by Crippen LogP contribution is -2.30. The fourth-order valence-corrected chi connectivity index (χ4v) is 3.65. The number of aromatic nitrogens is 2. The van der Waals surface area contributed by atoms with Crippen LogP contribution >= 0.6 is 0 Å². The molecule has 1 saturated heterocycles. The predicted molar refractivity (Wildman–Crippen MR) is 57.6 cm³/mol. The second-order valence-electron chi connectivity index (χ2n) is 4.06. The normalized spacial score (nSPS) is 23.7. The van der Waals surface area contributed by atoms with Crippen molar-refractivity contribution in [1.82, 2.24) is 15.6 Å². The number of aryl methyl sites for hydroxylation is 1. The minimum Gasteiger partial charge on any atom is -0.310 e. The molecule has 0 aliphatic carbocycles. The van der Waals surface area contributed by atoms with Crippen molar-refractivity contribution < 1.29 is 13.0 Å². The van der Waals surface area contributed by atoms with Gasteiger partial charge in [-0.25, -0.2) is 13.0 Å². The third-order valence-electron chi connectivity index (χ3n) is 2.87. The van der Waals surface area contributed by atoms with Crippen molar-refractivity contribution in [2.45, 2.75) is 31.6 Å². The van der Waals surface area contributed by atoms with Crippen LogP contribution in [0.5, 0.6) is 0 Å². The highest BCUT2D eigenvalue weighted by Crippen LogP contribution is 2.19. The maximum atomic E-state index is 11.5. The quantitative estimate of drug-likeness (QED) is 0.806. The molecule has 7 heteroatoms. The van der Waals surface area contributed by atoms with Crippen LogP contribution in [-0.4, -0.2) is 36.3 Å². The van der Waals surface area contributed by atoms with Gasteiger partial charge in [-0.05, 0) is 19.8 Å². The van der Waals surface area contributed by atoms with Crippen LogP contribution in [0, 0.1) is 6.92 Å². The van der Waals surface area contributed by atoms with E-state index < -0.39 is 9.84 Å². The van der Waals surface area contributed by atoms with Crippen molar-refractivity contribution in [3.05, 3.63) is 11.4 Å². The minimum absolute atomic E-state index is 0.243. The fourth-order valence-electron chi connectivity index (χ4n) is 1.85. The Labute approximate surface area is 94.3 Å². The van der Waals surface area contributed by atoms with Crippen LogP contribution in [0.3, 0.4) is 0 Å². The summed E-state index contributed by atoms with van der Waals surface area (Å²) >= 11 is 0. The van der Waals surface area contributed by atoms with Crippen LogP contribution in [0.25, 0.3) is 0 Å². The first-order chi connectivity index (χ1) is 7.59. The molecule has 0 spiro atoms.